The molecule has 216 valence electrons. The first-order valence-electron chi connectivity index (χ1n) is 13.2. The lowest BCUT2D eigenvalue weighted by atomic mass is 9.98. The van der Waals surface area contributed by atoms with E-state index in [1.54, 1.807) is 41.0 Å². The molecule has 1 atom stereocenters. The molecule has 1 fully saturated rings. The third-order valence-electron chi connectivity index (χ3n) is 7.36. The number of hydrogen-bond acceptors (Lipinski definition) is 7. The second kappa shape index (κ2) is 11.5. The molecule has 2 N–H and O–H groups in total. The summed E-state index contributed by atoms with van der Waals surface area (Å²) in [6, 6.07) is 10.9. The number of piperazine rings is 1. The fourth-order valence-electron chi connectivity index (χ4n) is 5.08. The van der Waals surface area contributed by atoms with Gasteiger partial charge in [0.15, 0.2) is 11.5 Å². The Hall–Kier alpha value is -3.90. The van der Waals surface area contributed by atoms with Crippen molar-refractivity contribution in [3.63, 3.8) is 0 Å². The zero-order chi connectivity index (χ0) is 29.3. The van der Waals surface area contributed by atoms with Crippen LogP contribution in [0.4, 0.5) is 30.4 Å². The molecule has 1 aromatic heterocycles. The number of halogens is 4. The largest absolute Gasteiger partial charge is 0.416 e. The van der Waals surface area contributed by atoms with Crippen LogP contribution in [0.3, 0.4) is 0 Å². The third kappa shape index (κ3) is 6.23. The molecule has 3 heterocycles. The number of benzene rings is 2. The molecule has 9 nitrogen and oxygen atoms in total. The quantitative estimate of drug-likeness (QED) is 0.444. The molecular formula is C28H29ClF3N7O2. The van der Waals surface area contributed by atoms with Gasteiger partial charge in [-0.15, -0.1) is 10.2 Å². The second-order valence-electron chi connectivity index (χ2n) is 10.1. The predicted octanol–water partition coefficient (Wildman–Crippen LogP) is 4.78. The van der Waals surface area contributed by atoms with E-state index in [0.717, 1.165) is 19.2 Å². The van der Waals surface area contributed by atoms with Crippen molar-refractivity contribution < 1.29 is 22.8 Å². The molecule has 2 aliphatic rings. The van der Waals surface area contributed by atoms with E-state index in [1.165, 1.54) is 18.2 Å². The van der Waals surface area contributed by atoms with E-state index < -0.39 is 23.7 Å². The Bertz CT molecular complexity index is 1460. The predicted molar refractivity (Wildman–Crippen MR) is 151 cm³/mol. The number of amides is 2. The maximum atomic E-state index is 13.8. The Morgan fingerprint density at radius 3 is 2.51 bits per heavy atom. The summed E-state index contributed by atoms with van der Waals surface area (Å²) < 4.78 is 41.4. The van der Waals surface area contributed by atoms with Gasteiger partial charge in [-0.3, -0.25) is 9.59 Å². The summed E-state index contributed by atoms with van der Waals surface area (Å²) in [7, 11) is 2.01. The van der Waals surface area contributed by atoms with Crippen LogP contribution in [0.2, 0.25) is 5.02 Å². The highest BCUT2D eigenvalue weighted by molar-refractivity contribution is 6.30. The van der Waals surface area contributed by atoms with Gasteiger partial charge in [-0.2, -0.15) is 13.2 Å². The van der Waals surface area contributed by atoms with Crippen LogP contribution in [-0.2, 0) is 6.18 Å². The van der Waals surface area contributed by atoms with E-state index in [2.05, 4.69) is 25.7 Å². The minimum Gasteiger partial charge on any atom is -0.365 e. The van der Waals surface area contributed by atoms with Gasteiger partial charge in [0.25, 0.3) is 11.8 Å². The smallest absolute Gasteiger partial charge is 0.365 e. The Morgan fingerprint density at radius 2 is 1.78 bits per heavy atom. The highest BCUT2D eigenvalue weighted by atomic mass is 35.5. The summed E-state index contributed by atoms with van der Waals surface area (Å²) >= 11 is 6.08. The normalized spacial score (nSPS) is 16.5. The van der Waals surface area contributed by atoms with E-state index in [9.17, 15) is 22.8 Å². The van der Waals surface area contributed by atoms with Gasteiger partial charge in [-0.05, 0) is 62.0 Å². The first-order valence-corrected chi connectivity index (χ1v) is 13.5. The highest BCUT2D eigenvalue weighted by Gasteiger charge is 2.36. The molecule has 2 aromatic carbocycles. The molecule has 0 bridgehead atoms. The number of carbonyl (C=O) groups is 2. The summed E-state index contributed by atoms with van der Waals surface area (Å²) in [6.45, 7) is 5.27. The van der Waals surface area contributed by atoms with E-state index in [-0.39, 0.29) is 22.2 Å². The fraction of sp³-hybridized carbons (Fsp3) is 0.357. The number of nitrogens with zero attached hydrogens (tertiary/aromatic N) is 5. The topological polar surface area (TPSA) is 93.7 Å². The molecule has 2 aliphatic heterocycles. The van der Waals surface area contributed by atoms with Crippen LogP contribution < -0.4 is 15.5 Å². The van der Waals surface area contributed by atoms with Crippen LogP contribution in [0, 0.1) is 0 Å². The molecule has 3 aromatic rings. The maximum absolute atomic E-state index is 13.8. The van der Waals surface area contributed by atoms with Gasteiger partial charge in [0.05, 0.1) is 17.3 Å². The first-order chi connectivity index (χ1) is 19.5. The Kier molecular flexibility index (Phi) is 8.05. The minimum atomic E-state index is -4.56. The Labute approximate surface area is 240 Å². The standard InChI is InChI=1S/C28H29ClF3N7O2/c1-17(21-15-19(29)6-7-22(21)28(30,31)32)39-9-8-33-25-24(39)16-23(35-36-25)26(40)34-20-5-3-4-18(14-20)27(41)38-12-10-37(2)11-13-38/h3-7,14-17H,8-13H2,1-2H3,(H,33,36)(H,34,40)/t17-/m1/s1. The minimum absolute atomic E-state index is 0.0162. The summed E-state index contributed by atoms with van der Waals surface area (Å²) in [5.41, 5.74) is 0.517. The van der Waals surface area contributed by atoms with Crippen molar-refractivity contribution in [3.8, 4) is 0 Å². The van der Waals surface area contributed by atoms with Gasteiger partial charge in [-0.25, -0.2) is 0 Å². The average molecular weight is 588 g/mol. The molecule has 0 saturated carbocycles. The van der Waals surface area contributed by atoms with Gasteiger partial charge < -0.3 is 25.3 Å². The molecular weight excluding hydrogens is 559 g/mol. The van der Waals surface area contributed by atoms with Crippen LogP contribution in [0.1, 0.15) is 44.9 Å². The Balaban J connectivity index is 1.37. The lowest BCUT2D eigenvalue weighted by Gasteiger charge is -2.37. The summed E-state index contributed by atoms with van der Waals surface area (Å²) in [5, 5.41) is 14.2. The van der Waals surface area contributed by atoms with E-state index >= 15 is 0 Å². The van der Waals surface area contributed by atoms with Crippen LogP contribution in [0.15, 0.2) is 48.5 Å². The average Bonchev–Trinajstić information content (AvgIpc) is 2.95. The molecule has 13 heteroatoms. The molecule has 41 heavy (non-hydrogen) atoms. The SMILES string of the molecule is C[C@H](c1cc(Cl)ccc1C(F)(F)F)N1CCNc2nnc(C(=O)Nc3cccc(C(=O)N4CCN(C)CC4)c3)cc21. The van der Waals surface area contributed by atoms with Crippen molar-refractivity contribution in [2.45, 2.75) is 19.1 Å². The summed E-state index contributed by atoms with van der Waals surface area (Å²) in [5.74, 6) is -0.325. The monoisotopic (exact) mass is 587 g/mol. The van der Waals surface area contributed by atoms with Gasteiger partial charge in [0.2, 0.25) is 0 Å². The zero-order valence-electron chi connectivity index (χ0n) is 22.5. The summed E-state index contributed by atoms with van der Waals surface area (Å²) in [4.78, 5) is 31.8. The van der Waals surface area contributed by atoms with Gasteiger partial charge in [0, 0.05) is 55.5 Å². The van der Waals surface area contributed by atoms with Gasteiger partial charge >= 0.3 is 6.18 Å². The maximum Gasteiger partial charge on any atom is 0.416 e. The molecule has 1 saturated heterocycles. The van der Waals surface area contributed by atoms with Crippen LogP contribution >= 0.6 is 11.6 Å². The number of nitrogens with one attached hydrogen (secondary N) is 2. The number of fused-ring (bicyclic) bond motifs is 1. The molecule has 0 aliphatic carbocycles. The Morgan fingerprint density at radius 1 is 1.02 bits per heavy atom. The van der Waals surface area contributed by atoms with E-state index in [1.807, 2.05) is 7.05 Å². The van der Waals surface area contributed by atoms with Crippen molar-refractivity contribution in [1.29, 1.82) is 0 Å². The first kappa shape index (κ1) is 28.6. The van der Waals surface area contributed by atoms with E-state index in [0.29, 0.717) is 48.9 Å². The number of likely N-dealkylation sites (N-methyl/N-ethyl adjacent to an activating group) is 1. The van der Waals surface area contributed by atoms with Gasteiger partial charge in [-0.1, -0.05) is 17.7 Å². The third-order valence-corrected chi connectivity index (χ3v) is 7.59. The van der Waals surface area contributed by atoms with Crippen LogP contribution in [-0.4, -0.2) is 78.1 Å². The number of anilines is 3. The fourth-order valence-corrected chi connectivity index (χ4v) is 5.26. The number of alkyl halides is 3. The molecule has 0 spiro atoms. The summed E-state index contributed by atoms with van der Waals surface area (Å²) in [6.07, 6.45) is -4.56. The molecule has 0 radical (unpaired) electrons. The molecule has 5 rings (SSSR count). The number of rotatable bonds is 5. The highest BCUT2D eigenvalue weighted by Crippen LogP contribution is 2.40. The van der Waals surface area contributed by atoms with Gasteiger partial charge in [0.1, 0.15) is 0 Å². The van der Waals surface area contributed by atoms with Crippen molar-refractivity contribution in [1.82, 2.24) is 20.0 Å². The van der Waals surface area contributed by atoms with Crippen molar-refractivity contribution in [2.75, 3.05) is 61.8 Å². The number of aromatic nitrogens is 2. The van der Waals surface area contributed by atoms with Crippen LogP contribution in [0.5, 0.6) is 0 Å². The lowest BCUT2D eigenvalue weighted by Crippen LogP contribution is -2.47. The van der Waals surface area contributed by atoms with Crippen LogP contribution in [0.25, 0.3) is 0 Å². The van der Waals surface area contributed by atoms with Crippen molar-refractivity contribution in [3.05, 3.63) is 75.9 Å². The lowest BCUT2D eigenvalue weighted by molar-refractivity contribution is -0.138. The molecule has 2 amide bonds. The van der Waals surface area contributed by atoms with Crippen molar-refractivity contribution >= 4 is 40.6 Å². The number of carbonyl (C=O) groups excluding carboxylic acids is 2. The zero-order valence-corrected chi connectivity index (χ0v) is 23.3. The van der Waals surface area contributed by atoms with E-state index in [4.69, 9.17) is 11.6 Å². The second-order valence-corrected chi connectivity index (χ2v) is 10.6. The molecule has 0 unspecified atom stereocenters. The van der Waals surface area contributed by atoms with Crippen molar-refractivity contribution in [2.24, 2.45) is 0 Å². The number of hydrogen-bond donors (Lipinski definition) is 2.